The molecule has 0 aliphatic heterocycles. The van der Waals surface area contributed by atoms with Crippen LogP contribution in [-0.2, 0) is 14.3 Å². The Morgan fingerprint density at radius 1 is 1.35 bits per heavy atom. The lowest BCUT2D eigenvalue weighted by atomic mass is 9.92. The summed E-state index contributed by atoms with van der Waals surface area (Å²) in [5.41, 5.74) is 0. The van der Waals surface area contributed by atoms with Gasteiger partial charge in [0.25, 0.3) is 0 Å². The average Bonchev–Trinajstić information content (AvgIpc) is 2.89. The van der Waals surface area contributed by atoms with E-state index in [-0.39, 0.29) is 24.3 Å². The van der Waals surface area contributed by atoms with Crippen molar-refractivity contribution in [1.29, 1.82) is 0 Å². The first-order chi connectivity index (χ1) is 8.11. The average molecular weight is 237 g/mol. The summed E-state index contributed by atoms with van der Waals surface area (Å²) in [6, 6.07) is 0. The first kappa shape index (κ1) is 12.1. The molecule has 0 N–H and O–H groups in total. The largest absolute Gasteiger partial charge is 0.465 e. The normalized spacial score (nSPS) is 29.4. The standard InChI is InChI=1S/C13H19NO3/c1-3-17-12(15)8-14(2)13(16)11-7-9-4-5-10(11)6-9/h4-5,9-11H,3,6-8H2,1-2H3. The number of amides is 1. The highest BCUT2D eigenvalue weighted by atomic mass is 16.5. The fourth-order valence-corrected chi connectivity index (χ4v) is 2.83. The molecule has 17 heavy (non-hydrogen) atoms. The zero-order valence-electron chi connectivity index (χ0n) is 10.4. The van der Waals surface area contributed by atoms with Gasteiger partial charge in [-0.2, -0.15) is 0 Å². The fraction of sp³-hybridized carbons (Fsp3) is 0.692. The van der Waals surface area contributed by atoms with Gasteiger partial charge < -0.3 is 9.64 Å². The van der Waals surface area contributed by atoms with Crippen LogP contribution in [-0.4, -0.2) is 37.0 Å². The van der Waals surface area contributed by atoms with Crippen LogP contribution in [0.25, 0.3) is 0 Å². The van der Waals surface area contributed by atoms with Gasteiger partial charge in [0.05, 0.1) is 6.61 Å². The van der Waals surface area contributed by atoms with Crippen LogP contribution < -0.4 is 0 Å². The minimum atomic E-state index is -0.331. The number of ether oxygens (including phenoxy) is 1. The van der Waals surface area contributed by atoms with E-state index in [1.807, 2.05) is 0 Å². The number of allylic oxidation sites excluding steroid dienone is 2. The van der Waals surface area contributed by atoms with Crippen molar-refractivity contribution in [1.82, 2.24) is 4.90 Å². The highest BCUT2D eigenvalue weighted by molar-refractivity contribution is 5.84. The van der Waals surface area contributed by atoms with Crippen LogP contribution in [0.2, 0.25) is 0 Å². The first-order valence-electron chi connectivity index (χ1n) is 6.20. The molecule has 3 atom stereocenters. The highest BCUT2D eigenvalue weighted by Gasteiger charge is 2.41. The summed E-state index contributed by atoms with van der Waals surface area (Å²) in [6.45, 7) is 2.18. The van der Waals surface area contributed by atoms with E-state index in [1.165, 1.54) is 4.90 Å². The molecule has 1 fully saturated rings. The molecule has 0 aromatic heterocycles. The van der Waals surface area contributed by atoms with E-state index in [2.05, 4.69) is 12.2 Å². The number of nitrogens with zero attached hydrogens (tertiary/aromatic N) is 1. The van der Waals surface area contributed by atoms with Gasteiger partial charge in [0, 0.05) is 13.0 Å². The van der Waals surface area contributed by atoms with E-state index in [0.29, 0.717) is 18.4 Å². The van der Waals surface area contributed by atoms with Gasteiger partial charge in [-0.05, 0) is 31.6 Å². The molecule has 3 unspecified atom stereocenters. The lowest BCUT2D eigenvalue weighted by Gasteiger charge is -2.23. The van der Waals surface area contributed by atoms with Crippen molar-refractivity contribution in [3.8, 4) is 0 Å². The van der Waals surface area contributed by atoms with Crippen LogP contribution in [0, 0.1) is 17.8 Å². The number of hydrogen-bond donors (Lipinski definition) is 0. The van der Waals surface area contributed by atoms with Gasteiger partial charge in [0.1, 0.15) is 6.54 Å². The van der Waals surface area contributed by atoms with Crippen LogP contribution >= 0.6 is 0 Å². The van der Waals surface area contributed by atoms with E-state index < -0.39 is 0 Å². The third-order valence-corrected chi connectivity index (χ3v) is 3.64. The van der Waals surface area contributed by atoms with Gasteiger partial charge in [-0.15, -0.1) is 0 Å². The SMILES string of the molecule is CCOC(=O)CN(C)C(=O)C1CC2C=CC1C2. The molecule has 2 aliphatic carbocycles. The second kappa shape index (κ2) is 4.90. The summed E-state index contributed by atoms with van der Waals surface area (Å²) in [7, 11) is 1.68. The Morgan fingerprint density at radius 3 is 2.65 bits per heavy atom. The van der Waals surface area contributed by atoms with Gasteiger partial charge in [0.2, 0.25) is 5.91 Å². The Bertz CT molecular complexity index is 351. The Balaban J connectivity index is 1.87. The van der Waals surface area contributed by atoms with Crippen LogP contribution in [0.15, 0.2) is 12.2 Å². The molecule has 0 heterocycles. The van der Waals surface area contributed by atoms with Crippen molar-refractivity contribution < 1.29 is 14.3 Å². The van der Waals surface area contributed by atoms with Crippen LogP contribution in [0.3, 0.4) is 0 Å². The predicted molar refractivity (Wildman–Crippen MR) is 63.1 cm³/mol. The number of carbonyl (C=O) groups excluding carboxylic acids is 2. The van der Waals surface area contributed by atoms with Crippen molar-refractivity contribution >= 4 is 11.9 Å². The molecule has 4 nitrogen and oxygen atoms in total. The maximum atomic E-state index is 12.2. The maximum Gasteiger partial charge on any atom is 0.325 e. The quantitative estimate of drug-likeness (QED) is 0.545. The molecule has 0 spiro atoms. The Labute approximate surface area is 102 Å². The summed E-state index contributed by atoms with van der Waals surface area (Å²) in [5.74, 6) is 0.781. The number of likely N-dealkylation sites (N-methyl/N-ethyl adjacent to an activating group) is 1. The van der Waals surface area contributed by atoms with Crippen molar-refractivity contribution in [3.05, 3.63) is 12.2 Å². The minimum absolute atomic E-state index is 0.0598. The molecule has 2 bridgehead atoms. The molecule has 2 rings (SSSR count). The van der Waals surface area contributed by atoms with E-state index in [9.17, 15) is 9.59 Å². The molecule has 2 aliphatic rings. The van der Waals surface area contributed by atoms with Gasteiger partial charge in [-0.3, -0.25) is 9.59 Å². The number of rotatable bonds is 4. The first-order valence-corrected chi connectivity index (χ1v) is 6.20. The minimum Gasteiger partial charge on any atom is -0.465 e. The third kappa shape index (κ3) is 2.51. The summed E-state index contributed by atoms with van der Waals surface area (Å²) >= 11 is 0. The molecule has 0 aromatic carbocycles. The van der Waals surface area contributed by atoms with E-state index >= 15 is 0 Å². The van der Waals surface area contributed by atoms with Crippen molar-refractivity contribution in [2.75, 3.05) is 20.2 Å². The molecule has 4 heteroatoms. The molecule has 1 saturated carbocycles. The third-order valence-electron chi connectivity index (χ3n) is 3.64. The second-order valence-electron chi connectivity index (χ2n) is 4.89. The molecule has 1 amide bonds. The summed E-state index contributed by atoms with van der Waals surface area (Å²) < 4.78 is 4.84. The monoisotopic (exact) mass is 237 g/mol. The summed E-state index contributed by atoms with van der Waals surface area (Å²) in [6.07, 6.45) is 6.39. The lowest BCUT2D eigenvalue weighted by Crippen LogP contribution is -2.38. The van der Waals surface area contributed by atoms with Gasteiger partial charge in [-0.1, -0.05) is 12.2 Å². The lowest BCUT2D eigenvalue weighted by molar-refractivity contribution is -0.149. The molecule has 0 aromatic rings. The molecular weight excluding hydrogens is 218 g/mol. The van der Waals surface area contributed by atoms with Crippen LogP contribution in [0.4, 0.5) is 0 Å². The van der Waals surface area contributed by atoms with Crippen LogP contribution in [0.5, 0.6) is 0 Å². The fourth-order valence-electron chi connectivity index (χ4n) is 2.83. The smallest absolute Gasteiger partial charge is 0.325 e. The number of esters is 1. The van der Waals surface area contributed by atoms with E-state index in [4.69, 9.17) is 4.74 Å². The van der Waals surface area contributed by atoms with Crippen LogP contribution in [0.1, 0.15) is 19.8 Å². The zero-order valence-corrected chi connectivity index (χ0v) is 10.4. The van der Waals surface area contributed by atoms with E-state index in [0.717, 1.165) is 12.8 Å². The van der Waals surface area contributed by atoms with E-state index in [1.54, 1.807) is 14.0 Å². The highest BCUT2D eigenvalue weighted by Crippen LogP contribution is 2.43. The maximum absolute atomic E-state index is 12.2. The van der Waals surface area contributed by atoms with Crippen molar-refractivity contribution in [2.45, 2.75) is 19.8 Å². The molecule has 0 radical (unpaired) electrons. The molecular formula is C13H19NO3. The number of carbonyl (C=O) groups is 2. The Kier molecular flexibility index (Phi) is 3.50. The number of hydrogen-bond acceptors (Lipinski definition) is 3. The molecule has 94 valence electrons. The zero-order chi connectivity index (χ0) is 12.4. The number of fused-ring (bicyclic) bond motifs is 2. The Hall–Kier alpha value is -1.32. The Morgan fingerprint density at radius 2 is 2.12 bits per heavy atom. The van der Waals surface area contributed by atoms with Crippen molar-refractivity contribution in [2.24, 2.45) is 17.8 Å². The van der Waals surface area contributed by atoms with Gasteiger partial charge >= 0.3 is 5.97 Å². The van der Waals surface area contributed by atoms with Gasteiger partial charge in [0.15, 0.2) is 0 Å². The summed E-state index contributed by atoms with van der Waals surface area (Å²) in [5, 5.41) is 0. The second-order valence-corrected chi connectivity index (χ2v) is 4.89. The predicted octanol–water partition coefficient (Wildman–Crippen LogP) is 1.22. The topological polar surface area (TPSA) is 46.6 Å². The molecule has 0 saturated heterocycles. The van der Waals surface area contributed by atoms with Crippen molar-refractivity contribution in [3.63, 3.8) is 0 Å². The van der Waals surface area contributed by atoms with Gasteiger partial charge in [-0.25, -0.2) is 0 Å². The summed E-state index contributed by atoms with van der Waals surface area (Å²) in [4.78, 5) is 25.0.